The van der Waals surface area contributed by atoms with Gasteiger partial charge in [0.1, 0.15) is 11.6 Å². The number of rotatable bonds is 8. The molecule has 1 amide bonds. The molecule has 33 heavy (non-hydrogen) atoms. The molecule has 5 rings (SSSR count). The van der Waals surface area contributed by atoms with Gasteiger partial charge in [-0.05, 0) is 41.5 Å². The summed E-state index contributed by atoms with van der Waals surface area (Å²) in [7, 11) is 0. The number of carbonyl (C=O) groups excluding carboxylic acids is 1. The van der Waals surface area contributed by atoms with Crippen molar-refractivity contribution in [3.8, 4) is 5.75 Å². The molecule has 0 spiro atoms. The van der Waals surface area contributed by atoms with Crippen LogP contribution in [-0.4, -0.2) is 30.5 Å². The Hall–Kier alpha value is -3.18. The zero-order chi connectivity index (χ0) is 23.0. The standard InChI is InChI=1S/C28H29FN2O2/c1-28(18-33-25-15-24(29)23(27(30)32)14-22(25)19-12-13-19)16-31(17-28)26(20-8-4-2-5-9-20)21-10-6-3-7-11-21/h2-11,14-15,19,26H,12-13,16-18H2,1H3,(H2,30,32). The number of halogens is 1. The quantitative estimate of drug-likeness (QED) is 0.513. The van der Waals surface area contributed by atoms with Crippen LogP contribution in [0.2, 0.25) is 0 Å². The van der Waals surface area contributed by atoms with E-state index in [1.807, 2.05) is 12.1 Å². The highest BCUT2D eigenvalue weighted by atomic mass is 19.1. The second-order valence-electron chi connectivity index (χ2n) is 9.74. The average Bonchev–Trinajstić information content (AvgIpc) is 3.63. The van der Waals surface area contributed by atoms with Crippen LogP contribution in [0.4, 0.5) is 4.39 Å². The molecule has 1 heterocycles. The summed E-state index contributed by atoms with van der Waals surface area (Å²) in [6, 6.07) is 24.2. The number of primary amides is 1. The summed E-state index contributed by atoms with van der Waals surface area (Å²) >= 11 is 0. The van der Waals surface area contributed by atoms with Crippen molar-refractivity contribution in [2.24, 2.45) is 11.1 Å². The van der Waals surface area contributed by atoms with Crippen molar-refractivity contribution in [1.82, 2.24) is 4.90 Å². The van der Waals surface area contributed by atoms with E-state index in [4.69, 9.17) is 10.5 Å². The Labute approximate surface area is 194 Å². The van der Waals surface area contributed by atoms with Gasteiger partial charge in [-0.2, -0.15) is 0 Å². The number of ether oxygens (including phenoxy) is 1. The van der Waals surface area contributed by atoms with Crippen molar-refractivity contribution in [2.45, 2.75) is 31.7 Å². The number of hydrogen-bond donors (Lipinski definition) is 1. The molecule has 2 N–H and O–H groups in total. The van der Waals surface area contributed by atoms with E-state index in [-0.39, 0.29) is 17.0 Å². The van der Waals surface area contributed by atoms with Crippen molar-refractivity contribution < 1.29 is 13.9 Å². The minimum absolute atomic E-state index is 0.0402. The maximum absolute atomic E-state index is 14.4. The smallest absolute Gasteiger partial charge is 0.251 e. The first-order valence-electron chi connectivity index (χ1n) is 11.5. The van der Waals surface area contributed by atoms with E-state index in [9.17, 15) is 9.18 Å². The summed E-state index contributed by atoms with van der Waals surface area (Å²) in [4.78, 5) is 14.0. The summed E-state index contributed by atoms with van der Waals surface area (Å²) in [6.45, 7) is 4.46. The number of carbonyl (C=O) groups is 1. The van der Waals surface area contributed by atoms with Gasteiger partial charge < -0.3 is 10.5 Å². The van der Waals surface area contributed by atoms with Crippen LogP contribution < -0.4 is 10.5 Å². The highest BCUT2D eigenvalue weighted by molar-refractivity contribution is 5.93. The summed E-state index contributed by atoms with van der Waals surface area (Å²) in [5, 5.41) is 0. The Kier molecular flexibility index (Phi) is 5.67. The van der Waals surface area contributed by atoms with Crippen molar-refractivity contribution in [2.75, 3.05) is 19.7 Å². The molecule has 4 nitrogen and oxygen atoms in total. The van der Waals surface area contributed by atoms with Crippen molar-refractivity contribution in [3.63, 3.8) is 0 Å². The van der Waals surface area contributed by atoms with Gasteiger partial charge in [-0.25, -0.2) is 4.39 Å². The van der Waals surface area contributed by atoms with Gasteiger partial charge in [-0.1, -0.05) is 67.6 Å². The molecule has 0 unspecified atom stereocenters. The lowest BCUT2D eigenvalue weighted by Gasteiger charge is -2.51. The first kappa shape index (κ1) is 21.7. The third kappa shape index (κ3) is 4.51. The number of likely N-dealkylation sites (tertiary alicyclic amines) is 1. The van der Waals surface area contributed by atoms with Gasteiger partial charge in [0.25, 0.3) is 5.91 Å². The Balaban J connectivity index is 1.31. The summed E-state index contributed by atoms with van der Waals surface area (Å²) in [5.41, 5.74) is 8.69. The molecule has 1 aliphatic heterocycles. The Morgan fingerprint density at radius 3 is 2.15 bits per heavy atom. The monoisotopic (exact) mass is 444 g/mol. The Morgan fingerprint density at radius 1 is 1.06 bits per heavy atom. The molecule has 3 aromatic rings. The molecule has 0 atom stereocenters. The zero-order valence-electron chi connectivity index (χ0n) is 18.8. The fourth-order valence-electron chi connectivity index (χ4n) is 4.94. The average molecular weight is 445 g/mol. The molecule has 1 saturated carbocycles. The molecule has 2 aliphatic rings. The molecule has 2 fully saturated rings. The second kappa shape index (κ2) is 8.64. The number of benzene rings is 3. The highest BCUT2D eigenvalue weighted by Crippen LogP contribution is 2.46. The van der Waals surface area contributed by atoms with Crippen LogP contribution in [0.5, 0.6) is 5.75 Å². The van der Waals surface area contributed by atoms with E-state index in [0.29, 0.717) is 18.3 Å². The molecule has 1 aliphatic carbocycles. The number of hydrogen-bond acceptors (Lipinski definition) is 3. The summed E-state index contributed by atoms with van der Waals surface area (Å²) < 4.78 is 20.6. The molecule has 5 heteroatoms. The van der Waals surface area contributed by atoms with Crippen LogP contribution >= 0.6 is 0 Å². The molecule has 3 aromatic carbocycles. The third-order valence-electron chi connectivity index (χ3n) is 6.72. The van der Waals surface area contributed by atoms with Gasteiger partial charge in [0.2, 0.25) is 0 Å². The normalized spacial score (nSPS) is 17.5. The van der Waals surface area contributed by atoms with Crippen LogP contribution in [0.1, 0.15) is 58.8 Å². The molecule has 0 radical (unpaired) electrons. The predicted octanol–water partition coefficient (Wildman–Crippen LogP) is 5.29. The Bertz CT molecular complexity index is 1100. The van der Waals surface area contributed by atoms with Crippen LogP contribution in [-0.2, 0) is 0 Å². The van der Waals surface area contributed by atoms with Gasteiger partial charge in [-0.3, -0.25) is 9.69 Å². The minimum atomic E-state index is -0.740. The van der Waals surface area contributed by atoms with E-state index in [2.05, 4.69) is 60.4 Å². The SMILES string of the molecule is CC1(COc2cc(F)c(C(N)=O)cc2C2CC2)CN(C(c2ccccc2)c2ccccc2)C1. The number of amides is 1. The van der Waals surface area contributed by atoms with E-state index in [0.717, 1.165) is 31.5 Å². The number of nitrogens with two attached hydrogens (primary N) is 1. The maximum atomic E-state index is 14.4. The van der Waals surface area contributed by atoms with Crippen LogP contribution in [0.25, 0.3) is 0 Å². The first-order chi connectivity index (χ1) is 15.9. The van der Waals surface area contributed by atoms with Gasteiger partial charge >= 0.3 is 0 Å². The zero-order valence-corrected chi connectivity index (χ0v) is 18.8. The number of nitrogens with zero attached hydrogens (tertiary/aromatic N) is 1. The highest BCUT2D eigenvalue weighted by Gasteiger charge is 2.43. The first-order valence-corrected chi connectivity index (χ1v) is 11.5. The van der Waals surface area contributed by atoms with E-state index < -0.39 is 11.7 Å². The summed E-state index contributed by atoms with van der Waals surface area (Å²) in [5.74, 6) is -0.488. The third-order valence-corrected chi connectivity index (χ3v) is 6.72. The van der Waals surface area contributed by atoms with Crippen LogP contribution in [0, 0.1) is 11.2 Å². The van der Waals surface area contributed by atoms with Gasteiger partial charge in [0.15, 0.2) is 0 Å². The van der Waals surface area contributed by atoms with E-state index >= 15 is 0 Å². The molecule has 0 aromatic heterocycles. The van der Waals surface area contributed by atoms with Gasteiger partial charge in [0, 0.05) is 24.6 Å². The van der Waals surface area contributed by atoms with Gasteiger partial charge in [-0.15, -0.1) is 0 Å². The maximum Gasteiger partial charge on any atom is 0.251 e. The van der Waals surface area contributed by atoms with Crippen molar-refractivity contribution >= 4 is 5.91 Å². The molecular formula is C28H29FN2O2. The van der Waals surface area contributed by atoms with Crippen molar-refractivity contribution in [3.05, 3.63) is 101 Å². The van der Waals surface area contributed by atoms with E-state index in [1.54, 1.807) is 6.07 Å². The lowest BCUT2D eigenvalue weighted by atomic mass is 9.79. The Morgan fingerprint density at radius 2 is 1.64 bits per heavy atom. The van der Waals surface area contributed by atoms with Crippen molar-refractivity contribution in [1.29, 1.82) is 0 Å². The fraction of sp³-hybridized carbons (Fsp3) is 0.321. The van der Waals surface area contributed by atoms with Gasteiger partial charge in [0.05, 0.1) is 18.2 Å². The molecule has 1 saturated heterocycles. The molecular weight excluding hydrogens is 415 g/mol. The lowest BCUT2D eigenvalue weighted by molar-refractivity contribution is -0.0379. The van der Waals surface area contributed by atoms with Crippen LogP contribution in [0.15, 0.2) is 72.8 Å². The topological polar surface area (TPSA) is 55.6 Å². The predicted molar refractivity (Wildman–Crippen MR) is 127 cm³/mol. The second-order valence-corrected chi connectivity index (χ2v) is 9.74. The fourth-order valence-corrected chi connectivity index (χ4v) is 4.94. The van der Waals surface area contributed by atoms with E-state index in [1.165, 1.54) is 17.2 Å². The minimum Gasteiger partial charge on any atom is -0.493 e. The molecule has 170 valence electrons. The largest absolute Gasteiger partial charge is 0.493 e. The molecule has 0 bridgehead atoms. The lowest BCUT2D eigenvalue weighted by Crippen LogP contribution is -2.58. The summed E-state index contributed by atoms with van der Waals surface area (Å²) in [6.07, 6.45) is 2.06. The van der Waals surface area contributed by atoms with Crippen LogP contribution in [0.3, 0.4) is 0 Å².